The molecule has 0 saturated carbocycles. The average molecular weight is 535 g/mol. The van der Waals surface area contributed by atoms with E-state index in [4.69, 9.17) is 15.1 Å². The van der Waals surface area contributed by atoms with Gasteiger partial charge in [0.15, 0.2) is 11.6 Å². The summed E-state index contributed by atoms with van der Waals surface area (Å²) in [6.45, 7) is 0.822. The molecule has 0 heterocycles. The smallest absolute Gasteiger partial charge is 0.277 e. The number of hydrogen-bond acceptors (Lipinski definition) is 7. The topological polar surface area (TPSA) is 112 Å². The van der Waals surface area contributed by atoms with Crippen LogP contribution in [0.15, 0.2) is 29.4 Å². The molecule has 30 heavy (non-hydrogen) atoms. The minimum absolute atomic E-state index is 0.130. The molecular weight excluding hydrogens is 515 g/mol. The lowest BCUT2D eigenvalue weighted by atomic mass is 10.1. The fourth-order valence-electron chi connectivity index (χ4n) is 2.35. The van der Waals surface area contributed by atoms with Crippen molar-refractivity contribution in [1.82, 2.24) is 5.48 Å². The molecule has 8 nitrogen and oxygen atoms in total. The van der Waals surface area contributed by atoms with Gasteiger partial charge in [-0.25, -0.2) is 14.3 Å². The van der Waals surface area contributed by atoms with E-state index in [-0.39, 0.29) is 37.6 Å². The number of hydroxylamine groups is 1. The second kappa shape index (κ2) is 11.7. The lowest BCUT2D eigenvalue weighted by Crippen LogP contribution is -2.26. The van der Waals surface area contributed by atoms with Gasteiger partial charge in [-0.15, -0.1) is 0 Å². The van der Waals surface area contributed by atoms with E-state index in [2.05, 4.69) is 43.4 Å². The largest absolute Gasteiger partial charge is 0.394 e. The highest BCUT2D eigenvalue weighted by Crippen LogP contribution is 2.30. The highest BCUT2D eigenvalue weighted by atomic mass is 127. The van der Waals surface area contributed by atoms with Crippen molar-refractivity contribution in [2.75, 3.05) is 31.7 Å². The fourth-order valence-corrected chi connectivity index (χ4v) is 2.99. The Balaban J connectivity index is 2.47. The molecule has 162 valence electrons. The first-order chi connectivity index (χ1) is 14.4. The average Bonchev–Trinajstić information content (AvgIpc) is 2.72. The molecule has 0 radical (unpaired) electrons. The van der Waals surface area contributed by atoms with Gasteiger partial charge in [0, 0.05) is 14.8 Å². The van der Waals surface area contributed by atoms with Crippen LogP contribution < -0.4 is 10.8 Å². The van der Waals surface area contributed by atoms with E-state index in [1.54, 1.807) is 19.1 Å². The van der Waals surface area contributed by atoms with Crippen molar-refractivity contribution in [2.24, 2.45) is 5.16 Å². The van der Waals surface area contributed by atoms with Crippen LogP contribution in [0.25, 0.3) is 0 Å². The standard InChI is InChI=1S/C19H20F2IN3O5/c1-11-8-13(22)2-3-15(11)24-18-14(19(28)25-30-7-5-27)9-12(16(20)17(18)21)10-23-29-6-4-26/h2-3,8-10,24,26-27H,4-7H2,1H3,(H,25,28). The lowest BCUT2D eigenvalue weighted by molar-refractivity contribution is 0.0168. The number of oxime groups is 1. The molecule has 11 heteroatoms. The first-order valence-electron chi connectivity index (χ1n) is 8.73. The van der Waals surface area contributed by atoms with Crippen LogP contribution in [0.2, 0.25) is 0 Å². The van der Waals surface area contributed by atoms with Crippen molar-refractivity contribution in [3.05, 3.63) is 56.2 Å². The lowest BCUT2D eigenvalue weighted by Gasteiger charge is -2.16. The summed E-state index contributed by atoms with van der Waals surface area (Å²) < 4.78 is 30.4. The van der Waals surface area contributed by atoms with E-state index in [0.29, 0.717) is 5.69 Å². The van der Waals surface area contributed by atoms with Gasteiger partial charge in [0.05, 0.1) is 37.3 Å². The number of nitrogens with one attached hydrogen (secondary N) is 2. The van der Waals surface area contributed by atoms with E-state index < -0.39 is 23.2 Å². The summed E-state index contributed by atoms with van der Waals surface area (Å²) in [5.41, 5.74) is 2.30. The Hall–Kier alpha value is -2.35. The number of aliphatic hydroxyl groups is 2. The summed E-state index contributed by atoms with van der Waals surface area (Å²) in [6.07, 6.45) is 0.888. The molecule has 0 spiro atoms. The number of halogens is 3. The van der Waals surface area contributed by atoms with Gasteiger partial charge in [0.25, 0.3) is 5.91 Å². The Kier molecular flexibility index (Phi) is 9.36. The minimum atomic E-state index is -1.30. The van der Waals surface area contributed by atoms with E-state index in [1.165, 1.54) is 0 Å². The third-order valence-electron chi connectivity index (χ3n) is 3.73. The summed E-state index contributed by atoms with van der Waals surface area (Å²) in [4.78, 5) is 22.0. The summed E-state index contributed by atoms with van der Waals surface area (Å²) >= 11 is 2.12. The first kappa shape index (κ1) is 23.9. The van der Waals surface area contributed by atoms with Gasteiger partial charge >= 0.3 is 0 Å². The highest BCUT2D eigenvalue weighted by molar-refractivity contribution is 14.1. The Labute approximate surface area is 185 Å². The van der Waals surface area contributed by atoms with Crippen LogP contribution in [-0.2, 0) is 9.68 Å². The third kappa shape index (κ3) is 6.32. The summed E-state index contributed by atoms with van der Waals surface area (Å²) in [5.74, 6) is -3.41. The van der Waals surface area contributed by atoms with Gasteiger partial charge in [-0.2, -0.15) is 0 Å². The summed E-state index contributed by atoms with van der Waals surface area (Å²) in [7, 11) is 0. The van der Waals surface area contributed by atoms with Crippen LogP contribution in [0, 0.1) is 22.1 Å². The molecule has 0 aromatic heterocycles. The van der Waals surface area contributed by atoms with Crippen LogP contribution in [-0.4, -0.2) is 48.8 Å². The van der Waals surface area contributed by atoms with Gasteiger partial charge < -0.3 is 20.4 Å². The molecular formula is C19H20F2IN3O5. The minimum Gasteiger partial charge on any atom is -0.394 e. The molecule has 2 aromatic rings. The van der Waals surface area contributed by atoms with Gasteiger partial charge in [0.1, 0.15) is 6.61 Å². The van der Waals surface area contributed by atoms with E-state index in [0.717, 1.165) is 21.4 Å². The molecule has 0 fully saturated rings. The number of hydrogen-bond donors (Lipinski definition) is 4. The zero-order chi connectivity index (χ0) is 22.1. The maximum Gasteiger partial charge on any atom is 0.277 e. The van der Waals surface area contributed by atoms with E-state index in [9.17, 15) is 13.6 Å². The third-order valence-corrected chi connectivity index (χ3v) is 4.41. The predicted molar refractivity (Wildman–Crippen MR) is 115 cm³/mol. The molecule has 2 rings (SSSR count). The molecule has 0 unspecified atom stereocenters. The number of aliphatic hydroxyl groups excluding tert-OH is 2. The zero-order valence-electron chi connectivity index (χ0n) is 15.9. The Morgan fingerprint density at radius 3 is 2.60 bits per heavy atom. The van der Waals surface area contributed by atoms with E-state index in [1.807, 2.05) is 6.07 Å². The maximum atomic E-state index is 14.9. The summed E-state index contributed by atoms with van der Waals surface area (Å²) in [5, 5.41) is 23.6. The number of aryl methyl sites for hydroxylation is 1. The quantitative estimate of drug-likeness (QED) is 0.161. The zero-order valence-corrected chi connectivity index (χ0v) is 18.1. The molecule has 4 N–H and O–H groups in total. The van der Waals surface area contributed by atoms with Crippen LogP contribution in [0.5, 0.6) is 0 Å². The predicted octanol–water partition coefficient (Wildman–Crippen LogP) is 2.62. The number of rotatable bonds is 10. The Bertz CT molecular complexity index is 928. The highest BCUT2D eigenvalue weighted by Gasteiger charge is 2.23. The SMILES string of the molecule is Cc1cc(I)ccc1Nc1c(C(=O)NOCCO)cc(C=NOCCO)c(F)c1F. The number of carbonyl (C=O) groups excluding carboxylic acids is 1. The van der Waals surface area contributed by atoms with Crippen LogP contribution in [0.1, 0.15) is 21.5 Å². The molecule has 0 aliphatic rings. The van der Waals surface area contributed by atoms with Crippen molar-refractivity contribution in [1.29, 1.82) is 0 Å². The summed E-state index contributed by atoms with van der Waals surface area (Å²) in [6, 6.07) is 6.36. The second-order valence-electron chi connectivity index (χ2n) is 5.90. The van der Waals surface area contributed by atoms with Crippen LogP contribution in [0.4, 0.5) is 20.2 Å². The molecule has 1 amide bonds. The van der Waals surface area contributed by atoms with Crippen molar-refractivity contribution in [3.63, 3.8) is 0 Å². The first-order valence-corrected chi connectivity index (χ1v) is 9.81. The molecule has 2 aromatic carbocycles. The van der Waals surface area contributed by atoms with Gasteiger partial charge in [0.2, 0.25) is 0 Å². The van der Waals surface area contributed by atoms with Gasteiger partial charge in [-0.1, -0.05) is 5.16 Å². The van der Waals surface area contributed by atoms with E-state index >= 15 is 0 Å². The molecule has 0 aliphatic carbocycles. The van der Waals surface area contributed by atoms with Crippen molar-refractivity contribution < 1.29 is 33.5 Å². The maximum absolute atomic E-state index is 14.9. The van der Waals surface area contributed by atoms with Gasteiger partial charge in [-0.05, 0) is 59.3 Å². The molecule has 0 bridgehead atoms. The Morgan fingerprint density at radius 2 is 1.93 bits per heavy atom. The van der Waals surface area contributed by atoms with Crippen molar-refractivity contribution in [2.45, 2.75) is 6.92 Å². The monoisotopic (exact) mass is 535 g/mol. The van der Waals surface area contributed by atoms with Crippen LogP contribution in [0.3, 0.4) is 0 Å². The van der Waals surface area contributed by atoms with Crippen molar-refractivity contribution in [3.8, 4) is 0 Å². The number of benzene rings is 2. The van der Waals surface area contributed by atoms with Crippen LogP contribution >= 0.6 is 22.6 Å². The van der Waals surface area contributed by atoms with Crippen molar-refractivity contribution >= 4 is 46.1 Å². The normalized spacial score (nSPS) is 11.0. The number of carbonyl (C=O) groups is 1. The fraction of sp³-hybridized carbons (Fsp3) is 0.263. The number of anilines is 2. The van der Waals surface area contributed by atoms with Gasteiger partial charge in [-0.3, -0.25) is 9.63 Å². The number of amides is 1. The second-order valence-corrected chi connectivity index (χ2v) is 7.14. The number of nitrogens with zero attached hydrogens (tertiary/aromatic N) is 1. The molecule has 0 saturated heterocycles. The Morgan fingerprint density at radius 1 is 1.20 bits per heavy atom. The molecule has 0 aliphatic heterocycles. The molecule has 0 atom stereocenters.